The summed E-state index contributed by atoms with van der Waals surface area (Å²) in [6, 6.07) is 0. The van der Waals surface area contributed by atoms with Crippen LogP contribution in [0, 0.1) is 5.92 Å². The lowest BCUT2D eigenvalue weighted by atomic mass is 9.86. The standard InChI is InChI=1S/C17H31NO2S/c1-5-8-16(18-20-6-2)15-10-9-14(12-17(15)19)11-13(4)21-7-3/h9-10,13-14,17-19H,5-8,11-12H2,1-4H3. The van der Waals surface area contributed by atoms with E-state index in [0.29, 0.717) is 17.8 Å². The van der Waals surface area contributed by atoms with Gasteiger partial charge in [-0.1, -0.05) is 39.3 Å². The van der Waals surface area contributed by atoms with E-state index in [9.17, 15) is 5.11 Å². The molecule has 0 aromatic heterocycles. The Kier molecular flexibility index (Phi) is 9.13. The molecule has 1 aliphatic carbocycles. The molecule has 0 aromatic rings. The number of thioether (sulfide) groups is 1. The lowest BCUT2D eigenvalue weighted by Crippen LogP contribution is -2.25. The van der Waals surface area contributed by atoms with E-state index in [2.05, 4.69) is 38.4 Å². The number of aliphatic hydroxyl groups excluding tert-OH is 1. The van der Waals surface area contributed by atoms with Crippen LogP contribution in [0.2, 0.25) is 0 Å². The minimum atomic E-state index is -0.381. The molecule has 0 fully saturated rings. The predicted octanol–water partition coefficient (Wildman–Crippen LogP) is 4.05. The topological polar surface area (TPSA) is 41.5 Å². The number of rotatable bonds is 9. The average Bonchev–Trinajstić information content (AvgIpc) is 2.44. The Hall–Kier alpha value is -0.450. The zero-order valence-corrected chi connectivity index (χ0v) is 14.7. The number of allylic oxidation sites excluding steroid dienone is 2. The van der Waals surface area contributed by atoms with Crippen molar-refractivity contribution in [2.45, 2.75) is 64.7 Å². The van der Waals surface area contributed by atoms with E-state index < -0.39 is 0 Å². The van der Waals surface area contributed by atoms with Crippen LogP contribution in [0.3, 0.4) is 0 Å². The Bertz CT molecular complexity index is 355. The molecule has 0 aromatic carbocycles. The first kappa shape index (κ1) is 18.6. The van der Waals surface area contributed by atoms with Crippen LogP contribution < -0.4 is 5.48 Å². The maximum Gasteiger partial charge on any atom is 0.0813 e. The fourth-order valence-corrected chi connectivity index (χ4v) is 3.71. The zero-order valence-electron chi connectivity index (χ0n) is 13.9. The molecule has 0 aliphatic heterocycles. The first-order valence-electron chi connectivity index (χ1n) is 8.20. The van der Waals surface area contributed by atoms with Crippen molar-refractivity contribution in [3.63, 3.8) is 0 Å². The summed E-state index contributed by atoms with van der Waals surface area (Å²) in [6.07, 6.45) is 7.88. The number of hydrogen-bond donors (Lipinski definition) is 2. The van der Waals surface area contributed by atoms with Gasteiger partial charge in [0.2, 0.25) is 0 Å². The summed E-state index contributed by atoms with van der Waals surface area (Å²) in [4.78, 5) is 5.32. The first-order valence-corrected chi connectivity index (χ1v) is 9.25. The second kappa shape index (κ2) is 10.3. The highest BCUT2D eigenvalue weighted by Gasteiger charge is 2.23. The average molecular weight is 314 g/mol. The van der Waals surface area contributed by atoms with E-state index in [4.69, 9.17) is 4.84 Å². The fourth-order valence-electron chi connectivity index (χ4n) is 2.76. The summed E-state index contributed by atoms with van der Waals surface area (Å²) < 4.78 is 0. The summed E-state index contributed by atoms with van der Waals surface area (Å²) in [5.41, 5.74) is 5.03. The van der Waals surface area contributed by atoms with Gasteiger partial charge in [-0.05, 0) is 37.9 Å². The molecule has 122 valence electrons. The lowest BCUT2D eigenvalue weighted by Gasteiger charge is -2.27. The minimum Gasteiger partial charge on any atom is -0.388 e. The van der Waals surface area contributed by atoms with Crippen LogP contribution >= 0.6 is 11.8 Å². The Morgan fingerprint density at radius 3 is 2.81 bits per heavy atom. The molecule has 21 heavy (non-hydrogen) atoms. The number of nitrogens with one attached hydrogen (secondary N) is 1. The maximum absolute atomic E-state index is 10.5. The molecular formula is C17H31NO2S. The van der Waals surface area contributed by atoms with Gasteiger partial charge in [0, 0.05) is 16.5 Å². The molecule has 3 atom stereocenters. The third kappa shape index (κ3) is 6.45. The quantitative estimate of drug-likeness (QED) is 0.630. The monoisotopic (exact) mass is 313 g/mol. The molecule has 0 bridgehead atoms. The third-order valence-corrected chi connectivity index (χ3v) is 4.80. The van der Waals surface area contributed by atoms with Gasteiger partial charge >= 0.3 is 0 Å². The Morgan fingerprint density at radius 1 is 1.48 bits per heavy atom. The predicted molar refractivity (Wildman–Crippen MR) is 92.2 cm³/mol. The molecule has 0 radical (unpaired) electrons. The number of hydroxylamine groups is 1. The molecule has 0 saturated heterocycles. The Balaban J connectivity index is 2.72. The van der Waals surface area contributed by atoms with Crippen molar-refractivity contribution in [2.75, 3.05) is 12.4 Å². The summed E-state index contributed by atoms with van der Waals surface area (Å²) in [7, 11) is 0. The maximum atomic E-state index is 10.5. The van der Waals surface area contributed by atoms with Crippen LogP contribution in [0.1, 0.15) is 53.4 Å². The summed E-state index contributed by atoms with van der Waals surface area (Å²) >= 11 is 1.99. The van der Waals surface area contributed by atoms with Gasteiger partial charge in [-0.15, -0.1) is 0 Å². The van der Waals surface area contributed by atoms with Crippen LogP contribution in [-0.4, -0.2) is 28.8 Å². The number of hydrogen-bond acceptors (Lipinski definition) is 4. The highest BCUT2D eigenvalue weighted by atomic mass is 32.2. The van der Waals surface area contributed by atoms with E-state index in [0.717, 1.165) is 42.7 Å². The van der Waals surface area contributed by atoms with Crippen LogP contribution in [0.15, 0.2) is 23.4 Å². The van der Waals surface area contributed by atoms with Gasteiger partial charge in [0.25, 0.3) is 0 Å². The van der Waals surface area contributed by atoms with E-state index in [1.54, 1.807) is 0 Å². The van der Waals surface area contributed by atoms with Gasteiger partial charge in [-0.2, -0.15) is 11.8 Å². The first-order chi connectivity index (χ1) is 10.1. The van der Waals surface area contributed by atoms with Gasteiger partial charge in [-0.3, -0.25) is 10.3 Å². The number of aliphatic hydroxyl groups is 1. The van der Waals surface area contributed by atoms with Crippen molar-refractivity contribution in [3.05, 3.63) is 23.4 Å². The molecule has 3 nitrogen and oxygen atoms in total. The zero-order chi connectivity index (χ0) is 15.7. The molecule has 0 heterocycles. The van der Waals surface area contributed by atoms with Crippen molar-refractivity contribution in [1.29, 1.82) is 0 Å². The van der Waals surface area contributed by atoms with E-state index >= 15 is 0 Å². The van der Waals surface area contributed by atoms with Crippen molar-refractivity contribution in [2.24, 2.45) is 5.92 Å². The largest absolute Gasteiger partial charge is 0.388 e. The van der Waals surface area contributed by atoms with Gasteiger partial charge in [-0.25, -0.2) is 0 Å². The van der Waals surface area contributed by atoms with Crippen LogP contribution in [0.25, 0.3) is 0 Å². The summed E-state index contributed by atoms with van der Waals surface area (Å²) in [5.74, 6) is 1.64. The van der Waals surface area contributed by atoms with Crippen LogP contribution in [-0.2, 0) is 4.84 Å². The molecule has 0 spiro atoms. The normalized spacial score (nSPS) is 25.8. The Morgan fingerprint density at radius 2 is 2.24 bits per heavy atom. The van der Waals surface area contributed by atoms with E-state index in [1.165, 1.54) is 0 Å². The highest BCUT2D eigenvalue weighted by molar-refractivity contribution is 7.99. The molecule has 3 unspecified atom stereocenters. The van der Waals surface area contributed by atoms with Crippen LogP contribution in [0.4, 0.5) is 0 Å². The molecule has 0 saturated carbocycles. The van der Waals surface area contributed by atoms with Gasteiger partial charge in [0.15, 0.2) is 0 Å². The second-order valence-electron chi connectivity index (χ2n) is 5.59. The smallest absolute Gasteiger partial charge is 0.0813 e. The molecule has 1 rings (SSSR count). The summed E-state index contributed by atoms with van der Waals surface area (Å²) in [6.45, 7) is 9.19. The SMILES string of the molecule is CCCC(NOCC)=C1C=CC(CC(C)SCC)CC1O. The lowest BCUT2D eigenvalue weighted by molar-refractivity contribution is 0.0677. The van der Waals surface area contributed by atoms with Gasteiger partial charge < -0.3 is 5.11 Å². The van der Waals surface area contributed by atoms with Gasteiger partial charge in [0.05, 0.1) is 12.7 Å². The minimum absolute atomic E-state index is 0.381. The second-order valence-corrected chi connectivity index (χ2v) is 7.31. The summed E-state index contributed by atoms with van der Waals surface area (Å²) in [5, 5.41) is 11.1. The molecule has 4 heteroatoms. The van der Waals surface area contributed by atoms with Crippen molar-refractivity contribution >= 4 is 11.8 Å². The van der Waals surface area contributed by atoms with Gasteiger partial charge in [0.1, 0.15) is 0 Å². The molecular weight excluding hydrogens is 282 g/mol. The van der Waals surface area contributed by atoms with Crippen molar-refractivity contribution in [3.8, 4) is 0 Å². The Labute approximate surface area is 134 Å². The van der Waals surface area contributed by atoms with E-state index in [1.807, 2.05) is 18.7 Å². The molecule has 2 N–H and O–H groups in total. The fraction of sp³-hybridized carbons (Fsp3) is 0.765. The van der Waals surface area contributed by atoms with Crippen molar-refractivity contribution < 1.29 is 9.94 Å². The molecule has 1 aliphatic rings. The third-order valence-electron chi connectivity index (χ3n) is 3.71. The van der Waals surface area contributed by atoms with Crippen LogP contribution in [0.5, 0.6) is 0 Å². The van der Waals surface area contributed by atoms with Crippen molar-refractivity contribution in [1.82, 2.24) is 5.48 Å². The molecule has 0 amide bonds. The van der Waals surface area contributed by atoms with E-state index in [-0.39, 0.29) is 6.10 Å². The highest BCUT2D eigenvalue weighted by Crippen LogP contribution is 2.30.